The van der Waals surface area contributed by atoms with Gasteiger partial charge in [-0.2, -0.15) is 0 Å². The molecule has 5 N–H and O–H groups in total. The molecule has 2 atom stereocenters. The van der Waals surface area contributed by atoms with Crippen molar-refractivity contribution in [2.45, 2.75) is 25.0 Å². The first-order valence-corrected chi connectivity index (χ1v) is 9.07. The number of aliphatic hydroxyl groups is 2. The number of nitrogens with zero attached hydrogens (tertiary/aromatic N) is 2. The lowest BCUT2D eigenvalue weighted by Gasteiger charge is -2.10. The number of esters is 1. The molecule has 0 saturated carbocycles. The fourth-order valence-electron chi connectivity index (χ4n) is 2.35. The molecular weight excluding hydrogens is 436 g/mol. The van der Waals surface area contributed by atoms with E-state index in [0.29, 0.717) is 0 Å². The molecule has 28 heavy (non-hydrogen) atoms. The van der Waals surface area contributed by atoms with Gasteiger partial charge in [0.25, 0.3) is 0 Å². The smallest absolute Gasteiger partial charge is 0.338 e. The number of carbonyl (C=O) groups excluding carboxylic acids is 1. The minimum absolute atomic E-state index is 0.885. The van der Waals surface area contributed by atoms with Crippen molar-refractivity contribution in [2.24, 2.45) is 0 Å². The number of fused-ring (bicyclic) bond motifs is 1. The van der Waals surface area contributed by atoms with Crippen molar-refractivity contribution in [3.8, 4) is 0 Å². The number of nitrogens with one attached hydrogen (secondary N) is 2. The summed E-state index contributed by atoms with van der Waals surface area (Å²) in [6, 6.07) is 4.00. The van der Waals surface area contributed by atoms with Gasteiger partial charge >= 0.3 is 11.9 Å². The Kier molecular flexibility index (Phi) is 7.79. The zero-order chi connectivity index (χ0) is 20.7. The predicted octanol–water partition coefficient (Wildman–Crippen LogP) is -0.957. The normalized spacial score (nSPS) is 15.1. The van der Waals surface area contributed by atoms with E-state index < -0.39 is 24.1 Å². The summed E-state index contributed by atoms with van der Waals surface area (Å²) in [6.45, 7) is 1.05. The number of amidine groups is 1. The van der Waals surface area contributed by atoms with Crippen LogP contribution in [0.2, 0.25) is 0 Å². The van der Waals surface area contributed by atoms with E-state index in [2.05, 4.69) is 40.9 Å². The van der Waals surface area contributed by atoms with Crippen LogP contribution in [0.3, 0.4) is 0 Å². The largest absolute Gasteiger partial charge is 0.479 e. The summed E-state index contributed by atoms with van der Waals surface area (Å²) < 4.78 is 4.93. The molecule has 1 aromatic heterocycles. The van der Waals surface area contributed by atoms with E-state index in [1.54, 1.807) is 12.4 Å². The molecule has 2 heterocycles. The van der Waals surface area contributed by atoms with Crippen molar-refractivity contribution in [3.63, 3.8) is 0 Å². The Morgan fingerprint density at radius 1 is 1.25 bits per heavy atom. The molecule has 0 radical (unpaired) electrons. The van der Waals surface area contributed by atoms with E-state index in [-0.39, 0.29) is 0 Å². The van der Waals surface area contributed by atoms with Gasteiger partial charge in [-0.05, 0) is 34.5 Å². The Labute approximate surface area is 168 Å². The number of aliphatic hydroxyl groups excluding tert-OH is 2. The van der Waals surface area contributed by atoms with Crippen LogP contribution >= 0.6 is 15.9 Å². The second-order valence-corrected chi connectivity index (χ2v) is 6.53. The third-order valence-electron chi connectivity index (χ3n) is 3.80. The average Bonchev–Trinajstić information content (AvgIpc) is 3.22. The zero-order valence-corrected chi connectivity index (χ0v) is 16.5. The van der Waals surface area contributed by atoms with Crippen LogP contribution in [0.1, 0.15) is 12.8 Å². The second-order valence-electron chi connectivity index (χ2n) is 5.74. The molecule has 2 aromatic rings. The minimum Gasteiger partial charge on any atom is -0.479 e. The van der Waals surface area contributed by atoms with Crippen LogP contribution in [0.5, 0.6) is 0 Å². The number of aromatic nitrogens is 2. The number of carboxylic acid groups (broad SMARTS) is 1. The van der Waals surface area contributed by atoms with E-state index in [0.717, 1.165) is 41.3 Å². The molecule has 150 valence electrons. The van der Waals surface area contributed by atoms with E-state index in [1.807, 2.05) is 12.1 Å². The Morgan fingerprint density at radius 2 is 1.96 bits per heavy atom. The molecule has 1 aliphatic rings. The molecule has 3 rings (SSSR count). The summed E-state index contributed by atoms with van der Waals surface area (Å²) >= 11 is 3.58. The summed E-state index contributed by atoms with van der Waals surface area (Å²) in [4.78, 5) is 32.2. The number of methoxy groups -OCH3 is 1. The molecule has 0 fully saturated rings. The summed E-state index contributed by atoms with van der Waals surface area (Å²) in [7, 11) is 0.972. The SMILES string of the molecule is Brc1c(NC2=[NH+]CCC2)ccc2nccnc12.COC(=O)C(O)C(O)C(=O)O. The fraction of sp³-hybridized carbons (Fsp3) is 0.353. The minimum atomic E-state index is -2.14. The number of aliphatic carboxylic acids is 1. The number of carboxylic acids is 1. The first kappa shape index (κ1) is 21.7. The van der Waals surface area contributed by atoms with E-state index in [9.17, 15) is 9.59 Å². The monoisotopic (exact) mass is 455 g/mol. The van der Waals surface area contributed by atoms with Gasteiger partial charge in [-0.15, -0.1) is 0 Å². The van der Waals surface area contributed by atoms with Crippen molar-refractivity contribution in [1.29, 1.82) is 0 Å². The van der Waals surface area contributed by atoms with Gasteiger partial charge in [0.1, 0.15) is 11.2 Å². The molecule has 1 aromatic carbocycles. The zero-order valence-electron chi connectivity index (χ0n) is 14.9. The van der Waals surface area contributed by atoms with Crippen molar-refractivity contribution >= 4 is 50.4 Å². The first-order chi connectivity index (χ1) is 13.3. The Bertz CT molecular complexity index is 891. The average molecular weight is 456 g/mol. The van der Waals surface area contributed by atoms with Crippen molar-refractivity contribution in [2.75, 3.05) is 19.0 Å². The Morgan fingerprint density at radius 3 is 2.57 bits per heavy atom. The topological polar surface area (TPSA) is 156 Å². The van der Waals surface area contributed by atoms with Gasteiger partial charge in [0.05, 0.1) is 30.1 Å². The lowest BCUT2D eigenvalue weighted by Crippen LogP contribution is -2.71. The number of halogens is 1. The maximum Gasteiger partial charge on any atom is 0.338 e. The third-order valence-corrected chi connectivity index (χ3v) is 4.60. The fourth-order valence-corrected chi connectivity index (χ4v) is 2.88. The highest BCUT2D eigenvalue weighted by atomic mass is 79.9. The molecular formula is C17H20BrN4O6+. The van der Waals surface area contributed by atoms with Crippen LogP contribution in [0, 0.1) is 0 Å². The first-order valence-electron chi connectivity index (χ1n) is 8.28. The van der Waals surface area contributed by atoms with Crippen LogP contribution in [0.15, 0.2) is 29.0 Å². The lowest BCUT2D eigenvalue weighted by atomic mass is 10.2. The van der Waals surface area contributed by atoms with Gasteiger partial charge < -0.3 is 20.1 Å². The molecule has 0 spiro atoms. The molecule has 0 bridgehead atoms. The predicted molar refractivity (Wildman–Crippen MR) is 103 cm³/mol. The van der Waals surface area contributed by atoms with Gasteiger partial charge in [-0.3, -0.25) is 15.0 Å². The van der Waals surface area contributed by atoms with Crippen LogP contribution < -0.4 is 10.3 Å². The van der Waals surface area contributed by atoms with E-state index >= 15 is 0 Å². The molecule has 11 heteroatoms. The molecule has 0 amide bonds. The number of benzene rings is 1. The van der Waals surface area contributed by atoms with Crippen molar-refractivity contribution in [1.82, 2.24) is 9.97 Å². The quantitative estimate of drug-likeness (QED) is 0.366. The van der Waals surface area contributed by atoms with Crippen molar-refractivity contribution in [3.05, 3.63) is 29.0 Å². The van der Waals surface area contributed by atoms with E-state index in [1.165, 1.54) is 12.3 Å². The number of carbonyl (C=O) groups is 2. The number of hydrogen-bond donors (Lipinski definition) is 5. The van der Waals surface area contributed by atoms with E-state index in [4.69, 9.17) is 15.3 Å². The van der Waals surface area contributed by atoms with Crippen molar-refractivity contribution < 1.29 is 34.6 Å². The van der Waals surface area contributed by atoms with Gasteiger partial charge in [-0.25, -0.2) is 14.9 Å². The summed E-state index contributed by atoms with van der Waals surface area (Å²) in [5.41, 5.74) is 2.81. The summed E-state index contributed by atoms with van der Waals surface area (Å²) in [5.74, 6) is -1.68. The van der Waals surface area contributed by atoms with Gasteiger partial charge in [0.15, 0.2) is 12.2 Å². The maximum absolute atomic E-state index is 10.4. The Hall–Kier alpha value is -2.63. The van der Waals surface area contributed by atoms with Crippen LogP contribution in [-0.2, 0) is 14.3 Å². The molecule has 10 nitrogen and oxygen atoms in total. The number of anilines is 1. The van der Waals surface area contributed by atoms with Crippen LogP contribution in [0.25, 0.3) is 11.0 Å². The van der Waals surface area contributed by atoms with Gasteiger partial charge in [0, 0.05) is 12.4 Å². The van der Waals surface area contributed by atoms with Gasteiger partial charge in [0.2, 0.25) is 5.84 Å². The maximum atomic E-state index is 10.4. The van der Waals surface area contributed by atoms with Crippen LogP contribution in [-0.4, -0.2) is 68.9 Å². The molecule has 1 aliphatic heterocycles. The second kappa shape index (κ2) is 10.1. The number of hydrogen-bond acceptors (Lipinski definition) is 8. The Balaban J connectivity index is 0.000000224. The summed E-state index contributed by atoms with van der Waals surface area (Å²) in [5, 5.41) is 28.7. The lowest BCUT2D eigenvalue weighted by molar-refractivity contribution is -0.447. The highest BCUT2D eigenvalue weighted by Crippen LogP contribution is 2.28. The molecule has 0 aliphatic carbocycles. The number of ether oxygens (including phenoxy) is 1. The highest BCUT2D eigenvalue weighted by molar-refractivity contribution is 9.10. The number of rotatable bonds is 4. The van der Waals surface area contributed by atoms with Crippen LogP contribution in [0.4, 0.5) is 5.69 Å². The van der Waals surface area contributed by atoms with Gasteiger partial charge in [-0.1, -0.05) is 0 Å². The highest BCUT2D eigenvalue weighted by Gasteiger charge is 2.30. The standard InChI is InChI=1S/C12H11BrN4.C5H8O6/c13-11-8(17-10-2-1-5-15-10)3-4-9-12(11)16-7-6-14-9;1-11-5(10)3(7)2(6)4(8)9/h3-4,6-7H,1-2,5H2,(H,15,17);2-3,6-7H,1H3,(H,8,9)/p+1. The third kappa shape index (κ3) is 5.44. The molecule has 2 unspecified atom stereocenters. The summed E-state index contributed by atoms with van der Waals surface area (Å²) in [6.07, 6.45) is 1.51. The molecule has 0 saturated heterocycles.